The van der Waals surface area contributed by atoms with E-state index in [4.69, 9.17) is 11.6 Å². The minimum atomic E-state index is 0.510. The van der Waals surface area contributed by atoms with Crippen molar-refractivity contribution >= 4 is 17.4 Å². The van der Waals surface area contributed by atoms with Crippen molar-refractivity contribution in [2.24, 2.45) is 0 Å². The van der Waals surface area contributed by atoms with Crippen LogP contribution < -0.4 is 5.32 Å². The fourth-order valence-corrected chi connectivity index (χ4v) is 3.06. The van der Waals surface area contributed by atoms with Gasteiger partial charge >= 0.3 is 0 Å². The summed E-state index contributed by atoms with van der Waals surface area (Å²) in [6.07, 6.45) is 2.62. The third kappa shape index (κ3) is 3.79. The summed E-state index contributed by atoms with van der Waals surface area (Å²) >= 11 is 6.21. The highest BCUT2D eigenvalue weighted by Crippen LogP contribution is 2.22. The minimum Gasteiger partial charge on any atom is -0.366 e. The van der Waals surface area contributed by atoms with Gasteiger partial charge in [-0.15, -0.1) is 0 Å². The number of aryl methyl sites for hydroxylation is 3. The molecule has 0 aromatic carbocycles. The Labute approximate surface area is 152 Å². The van der Waals surface area contributed by atoms with Gasteiger partial charge in [-0.2, -0.15) is 5.10 Å². The molecule has 0 aliphatic heterocycles. The average Bonchev–Trinajstić information content (AvgIpc) is 2.91. The quantitative estimate of drug-likeness (QED) is 0.704. The Balaban J connectivity index is 1.76. The van der Waals surface area contributed by atoms with Gasteiger partial charge in [0, 0.05) is 24.0 Å². The van der Waals surface area contributed by atoms with Crippen LogP contribution in [0.15, 0.2) is 24.4 Å². The van der Waals surface area contributed by atoms with Gasteiger partial charge in [-0.1, -0.05) is 24.6 Å². The fourth-order valence-electron chi connectivity index (χ4n) is 2.71. The molecule has 3 heterocycles. The van der Waals surface area contributed by atoms with Gasteiger partial charge in [0.15, 0.2) is 5.82 Å². The van der Waals surface area contributed by atoms with Crippen LogP contribution >= 0.6 is 11.6 Å². The van der Waals surface area contributed by atoms with E-state index in [1.165, 1.54) is 0 Å². The predicted octanol–water partition coefficient (Wildman–Crippen LogP) is 3.81. The zero-order valence-corrected chi connectivity index (χ0v) is 15.6. The molecular formula is C18H21ClN6. The molecule has 0 saturated carbocycles. The molecule has 3 rings (SSSR count). The number of nitrogens with zero attached hydrogens (tertiary/aromatic N) is 5. The summed E-state index contributed by atoms with van der Waals surface area (Å²) in [6.45, 7) is 8.48. The molecule has 1 N–H and O–H groups in total. The first-order valence-corrected chi connectivity index (χ1v) is 8.61. The van der Waals surface area contributed by atoms with E-state index in [9.17, 15) is 0 Å². The summed E-state index contributed by atoms with van der Waals surface area (Å²) in [5.41, 5.74) is 4.03. The summed E-state index contributed by atoms with van der Waals surface area (Å²) in [4.78, 5) is 13.2. The maximum absolute atomic E-state index is 6.21. The number of anilines is 1. The van der Waals surface area contributed by atoms with Crippen LogP contribution in [0, 0.1) is 20.8 Å². The lowest BCUT2D eigenvalue weighted by Gasteiger charge is -2.12. The first-order valence-electron chi connectivity index (χ1n) is 8.23. The molecule has 0 radical (unpaired) electrons. The van der Waals surface area contributed by atoms with Crippen LogP contribution in [0.5, 0.6) is 0 Å². The Hall–Kier alpha value is -2.47. The number of halogens is 1. The number of hydrogen-bond donors (Lipinski definition) is 1. The van der Waals surface area contributed by atoms with E-state index in [-0.39, 0.29) is 0 Å². The first kappa shape index (κ1) is 17.4. The molecule has 0 amide bonds. The Kier molecular flexibility index (Phi) is 4.99. The van der Waals surface area contributed by atoms with Crippen LogP contribution in [0.1, 0.15) is 35.3 Å². The van der Waals surface area contributed by atoms with Crippen molar-refractivity contribution in [3.63, 3.8) is 0 Å². The van der Waals surface area contributed by atoms with Crippen LogP contribution in [0.2, 0.25) is 5.15 Å². The minimum absolute atomic E-state index is 0.510. The molecule has 6 nitrogen and oxygen atoms in total. The van der Waals surface area contributed by atoms with Gasteiger partial charge in [-0.3, -0.25) is 0 Å². The molecule has 0 aliphatic rings. The molecule has 3 aromatic heterocycles. The molecular weight excluding hydrogens is 336 g/mol. The van der Waals surface area contributed by atoms with E-state index in [0.717, 1.165) is 40.6 Å². The van der Waals surface area contributed by atoms with Gasteiger partial charge in [0.2, 0.25) is 0 Å². The van der Waals surface area contributed by atoms with Crippen LogP contribution in [0.25, 0.3) is 5.82 Å². The smallest absolute Gasteiger partial charge is 0.153 e. The van der Waals surface area contributed by atoms with Gasteiger partial charge in [-0.05, 0) is 44.9 Å². The number of aromatic nitrogens is 5. The number of nitrogens with one attached hydrogen (secondary N) is 1. The molecule has 3 aromatic rings. The van der Waals surface area contributed by atoms with Gasteiger partial charge < -0.3 is 5.32 Å². The fraction of sp³-hybridized carbons (Fsp3) is 0.333. The lowest BCUT2D eigenvalue weighted by atomic mass is 10.2. The summed E-state index contributed by atoms with van der Waals surface area (Å²) in [5, 5.41) is 8.30. The zero-order valence-electron chi connectivity index (χ0n) is 14.8. The Morgan fingerprint density at radius 2 is 1.96 bits per heavy atom. The highest BCUT2D eigenvalue weighted by Gasteiger charge is 2.10. The second-order valence-electron chi connectivity index (χ2n) is 5.96. The number of hydrogen-bond acceptors (Lipinski definition) is 5. The van der Waals surface area contributed by atoms with Gasteiger partial charge in [0.05, 0.1) is 5.69 Å². The van der Waals surface area contributed by atoms with Crippen molar-refractivity contribution in [2.45, 2.75) is 40.7 Å². The standard InChI is InChI=1S/C18H21ClN6/c1-5-15-17(19)22-13(4)23-18(15)21-10-14-6-7-16(20-9-14)25-12(3)8-11(2)24-25/h6-9H,5,10H2,1-4H3,(H,21,22,23). The normalized spacial score (nSPS) is 10.9. The largest absolute Gasteiger partial charge is 0.366 e. The van der Waals surface area contributed by atoms with Crippen molar-refractivity contribution < 1.29 is 0 Å². The second-order valence-corrected chi connectivity index (χ2v) is 6.32. The van der Waals surface area contributed by atoms with E-state index in [1.807, 2.05) is 56.8 Å². The maximum Gasteiger partial charge on any atom is 0.153 e. The summed E-state index contributed by atoms with van der Waals surface area (Å²) in [6, 6.07) is 6.03. The molecule has 0 unspecified atom stereocenters. The molecule has 0 fully saturated rings. The zero-order chi connectivity index (χ0) is 18.0. The van der Waals surface area contributed by atoms with Gasteiger partial charge in [0.1, 0.15) is 16.8 Å². The van der Waals surface area contributed by atoms with Crippen molar-refractivity contribution in [3.8, 4) is 5.82 Å². The van der Waals surface area contributed by atoms with E-state index in [0.29, 0.717) is 17.5 Å². The number of rotatable bonds is 5. The molecule has 0 atom stereocenters. The van der Waals surface area contributed by atoms with Crippen molar-refractivity contribution in [1.29, 1.82) is 0 Å². The summed E-state index contributed by atoms with van der Waals surface area (Å²) < 4.78 is 1.84. The molecule has 130 valence electrons. The third-order valence-electron chi connectivity index (χ3n) is 3.92. The first-order chi connectivity index (χ1) is 12.0. The Bertz CT molecular complexity index is 885. The van der Waals surface area contributed by atoms with Crippen molar-refractivity contribution in [1.82, 2.24) is 24.7 Å². The lowest BCUT2D eigenvalue weighted by Crippen LogP contribution is -2.08. The van der Waals surface area contributed by atoms with E-state index in [1.54, 1.807) is 0 Å². The predicted molar refractivity (Wildman–Crippen MR) is 99.3 cm³/mol. The SMILES string of the molecule is CCc1c(Cl)nc(C)nc1NCc1ccc(-n2nc(C)cc2C)nc1. The molecule has 0 aliphatic carbocycles. The van der Waals surface area contributed by atoms with Crippen LogP contribution in [-0.4, -0.2) is 24.7 Å². The number of pyridine rings is 1. The summed E-state index contributed by atoms with van der Waals surface area (Å²) in [5.74, 6) is 2.25. The van der Waals surface area contributed by atoms with Gasteiger partial charge in [0.25, 0.3) is 0 Å². The Morgan fingerprint density at radius 1 is 1.16 bits per heavy atom. The molecule has 0 spiro atoms. The second kappa shape index (κ2) is 7.19. The van der Waals surface area contributed by atoms with E-state index in [2.05, 4.69) is 25.4 Å². The maximum atomic E-state index is 6.21. The Morgan fingerprint density at radius 3 is 2.56 bits per heavy atom. The van der Waals surface area contributed by atoms with Crippen LogP contribution in [0.3, 0.4) is 0 Å². The molecule has 0 saturated heterocycles. The topological polar surface area (TPSA) is 68.5 Å². The lowest BCUT2D eigenvalue weighted by molar-refractivity contribution is 0.804. The molecule has 7 heteroatoms. The average molecular weight is 357 g/mol. The van der Waals surface area contributed by atoms with E-state index >= 15 is 0 Å². The van der Waals surface area contributed by atoms with Gasteiger partial charge in [-0.25, -0.2) is 19.6 Å². The van der Waals surface area contributed by atoms with Crippen LogP contribution in [-0.2, 0) is 13.0 Å². The monoisotopic (exact) mass is 356 g/mol. The van der Waals surface area contributed by atoms with Crippen LogP contribution in [0.4, 0.5) is 5.82 Å². The third-order valence-corrected chi connectivity index (χ3v) is 4.23. The molecule has 25 heavy (non-hydrogen) atoms. The highest BCUT2D eigenvalue weighted by molar-refractivity contribution is 6.30. The van der Waals surface area contributed by atoms with Crippen molar-refractivity contribution in [3.05, 3.63) is 57.9 Å². The van der Waals surface area contributed by atoms with E-state index < -0.39 is 0 Å². The molecule has 0 bridgehead atoms. The summed E-state index contributed by atoms with van der Waals surface area (Å²) in [7, 11) is 0. The highest BCUT2D eigenvalue weighted by atomic mass is 35.5. The van der Waals surface area contributed by atoms with Crippen molar-refractivity contribution in [2.75, 3.05) is 5.32 Å².